The summed E-state index contributed by atoms with van der Waals surface area (Å²) in [6.07, 6.45) is 7.69. The Labute approximate surface area is 265 Å². The lowest BCUT2D eigenvalue weighted by Gasteiger charge is -2.42. The van der Waals surface area contributed by atoms with Gasteiger partial charge >= 0.3 is 6.01 Å². The topological polar surface area (TPSA) is 125 Å². The zero-order chi connectivity index (χ0) is 30.9. The number of benzene rings is 1. The molecule has 3 fully saturated rings. The lowest BCUT2D eigenvalue weighted by molar-refractivity contribution is -0.136. The van der Waals surface area contributed by atoms with Gasteiger partial charge in [0.15, 0.2) is 5.82 Å². The zero-order valence-electron chi connectivity index (χ0n) is 25.5. The van der Waals surface area contributed by atoms with Gasteiger partial charge in [-0.15, -0.1) is 0 Å². The van der Waals surface area contributed by atoms with Crippen LogP contribution >= 0.6 is 11.6 Å². The van der Waals surface area contributed by atoms with E-state index in [1.165, 1.54) is 0 Å². The highest BCUT2D eigenvalue weighted by molar-refractivity contribution is 6.33. The number of nitrogens with one attached hydrogen (secondary N) is 2. The second-order valence-electron chi connectivity index (χ2n) is 13.4. The Morgan fingerprint density at radius 3 is 2.93 bits per heavy atom. The number of aromatic amines is 1. The van der Waals surface area contributed by atoms with Gasteiger partial charge < -0.3 is 24.4 Å². The summed E-state index contributed by atoms with van der Waals surface area (Å²) in [5.74, 6) is 0.393. The molecule has 3 N–H and O–H groups in total. The van der Waals surface area contributed by atoms with Crippen molar-refractivity contribution in [3.8, 4) is 17.3 Å². The molecule has 4 aromatic rings. The molecule has 9 rings (SSSR count). The number of hydrogen-bond donors (Lipinski definition) is 3. The maximum absolute atomic E-state index is 17.1. The van der Waals surface area contributed by atoms with Crippen LogP contribution in [0.4, 0.5) is 10.2 Å². The number of piperidine rings is 1. The molecule has 7 heterocycles. The number of likely N-dealkylation sites (tertiary alicyclic amines) is 1. The van der Waals surface area contributed by atoms with E-state index < -0.39 is 17.8 Å². The minimum Gasteiger partial charge on any atom is -0.462 e. The second kappa shape index (κ2) is 11.3. The van der Waals surface area contributed by atoms with Crippen molar-refractivity contribution < 1.29 is 19.0 Å². The Bertz CT molecular complexity index is 1770. The van der Waals surface area contributed by atoms with Gasteiger partial charge in [-0.05, 0) is 82.5 Å². The number of nitrogens with zero attached hydrogens (tertiary/aromatic N) is 6. The van der Waals surface area contributed by atoms with Crippen LogP contribution in [0.5, 0.6) is 6.01 Å². The van der Waals surface area contributed by atoms with Crippen LogP contribution in [0.1, 0.15) is 56.9 Å². The van der Waals surface area contributed by atoms with Gasteiger partial charge in [0.05, 0.1) is 23.7 Å². The van der Waals surface area contributed by atoms with Crippen molar-refractivity contribution >= 4 is 39.2 Å². The van der Waals surface area contributed by atoms with Crippen molar-refractivity contribution in [3.63, 3.8) is 0 Å². The van der Waals surface area contributed by atoms with E-state index in [1.807, 2.05) is 6.07 Å². The molecule has 0 spiro atoms. The highest BCUT2D eigenvalue weighted by Gasteiger charge is 2.42. The molecule has 1 unspecified atom stereocenters. The molecular weight excluding hydrogens is 599 g/mol. The number of likely N-dealkylation sites (N-methyl/N-ethyl adjacent to an activating group) is 1. The number of anilines is 1. The summed E-state index contributed by atoms with van der Waals surface area (Å²) in [5, 5.41) is 23.2. The minimum atomic E-state index is -1.12. The number of halogens is 2. The molecule has 3 aromatic heterocycles. The number of pyridine rings is 1. The van der Waals surface area contributed by atoms with Gasteiger partial charge in [0.25, 0.3) is 0 Å². The Morgan fingerprint density at radius 1 is 1.20 bits per heavy atom. The molecular formula is C32H38ClFN8O3. The summed E-state index contributed by atoms with van der Waals surface area (Å²) >= 11 is 6.93. The van der Waals surface area contributed by atoms with Crippen LogP contribution < -0.4 is 15.0 Å². The van der Waals surface area contributed by atoms with E-state index in [-0.39, 0.29) is 35.1 Å². The van der Waals surface area contributed by atoms with Gasteiger partial charge in [0.2, 0.25) is 6.41 Å². The van der Waals surface area contributed by atoms with Crippen LogP contribution in [0.3, 0.4) is 0 Å². The van der Waals surface area contributed by atoms with Gasteiger partial charge in [-0.3, -0.25) is 15.4 Å². The third-order valence-corrected chi connectivity index (χ3v) is 10.5. The number of rotatable bonds is 3. The maximum Gasteiger partial charge on any atom is 0.319 e. The first-order valence-corrected chi connectivity index (χ1v) is 16.3. The average molecular weight is 637 g/mol. The Kier molecular flexibility index (Phi) is 7.33. The van der Waals surface area contributed by atoms with Crippen LogP contribution in [0.25, 0.3) is 33.1 Å². The lowest BCUT2D eigenvalue weighted by atomic mass is 9.91. The fourth-order valence-electron chi connectivity index (χ4n) is 7.68. The number of H-pyrrole nitrogens is 1. The summed E-state index contributed by atoms with van der Waals surface area (Å²) in [7, 11) is 2.09. The fraction of sp³-hybridized carbons (Fsp3) is 0.562. The zero-order valence-corrected chi connectivity index (χ0v) is 26.3. The molecule has 2 saturated heterocycles. The third-order valence-electron chi connectivity index (χ3n) is 10.2. The number of ether oxygens (including phenoxy) is 2. The molecule has 238 valence electrons. The molecule has 11 nitrogen and oxygen atoms in total. The van der Waals surface area contributed by atoms with Gasteiger partial charge in [-0.2, -0.15) is 15.1 Å². The van der Waals surface area contributed by atoms with Crippen molar-refractivity contribution in [1.29, 1.82) is 0 Å². The van der Waals surface area contributed by atoms with Gasteiger partial charge in [0.1, 0.15) is 23.6 Å². The molecule has 1 aromatic carbocycles. The predicted octanol–water partition coefficient (Wildman–Crippen LogP) is 4.58. The van der Waals surface area contributed by atoms with Crippen molar-refractivity contribution in [2.24, 2.45) is 5.92 Å². The number of aliphatic hydroxyl groups excluding tert-OH is 1. The second-order valence-corrected chi connectivity index (χ2v) is 13.8. The van der Waals surface area contributed by atoms with Crippen molar-refractivity contribution in [1.82, 2.24) is 35.4 Å². The van der Waals surface area contributed by atoms with Crippen LogP contribution in [-0.4, -0.2) is 93.0 Å². The molecule has 1 aliphatic carbocycles. The van der Waals surface area contributed by atoms with E-state index >= 15 is 4.39 Å². The van der Waals surface area contributed by atoms with Crippen LogP contribution in [0.15, 0.2) is 18.5 Å². The summed E-state index contributed by atoms with van der Waals surface area (Å²) in [6, 6.07) is 2.24. The normalized spacial score (nSPS) is 28.9. The minimum absolute atomic E-state index is 0.0965. The number of fused-ring (bicyclic) bond motifs is 6. The molecule has 45 heavy (non-hydrogen) atoms. The fourth-order valence-corrected chi connectivity index (χ4v) is 8.03. The molecule has 1 saturated carbocycles. The largest absolute Gasteiger partial charge is 0.462 e. The Hall–Kier alpha value is -3.16. The standard InChI is InChI=1S/C32H38ClFN8O3/c1-32-7-4-9-42(16-32)29-21-13-35-28(26(34)27(21)37-30(38-29)45-15-18-5-3-8-41(18)2)25-20-14-36-40-23(20)12-22(33)24(25)19-11-17(19)6-10-44-31(43)39-32/h12-14,17-19,31,39,43H,3-11,15-16H2,1-2H3,(H,36,40)/t17-,18+,19+,31?,32-/m1/s1. The molecule has 4 aliphatic heterocycles. The maximum atomic E-state index is 17.1. The van der Waals surface area contributed by atoms with E-state index in [1.54, 1.807) is 12.4 Å². The number of aromatic nitrogens is 5. The Balaban J connectivity index is 1.32. The highest BCUT2D eigenvalue weighted by atomic mass is 35.5. The molecule has 5 aliphatic rings. The van der Waals surface area contributed by atoms with E-state index in [9.17, 15) is 5.11 Å². The number of aliphatic hydroxyl groups is 1. The molecule has 0 amide bonds. The van der Waals surface area contributed by atoms with Gasteiger partial charge in [0, 0.05) is 46.8 Å². The summed E-state index contributed by atoms with van der Waals surface area (Å²) < 4.78 is 29.1. The summed E-state index contributed by atoms with van der Waals surface area (Å²) in [6.45, 7) is 5.11. The van der Waals surface area contributed by atoms with E-state index in [0.29, 0.717) is 53.6 Å². The van der Waals surface area contributed by atoms with Crippen molar-refractivity contribution in [3.05, 3.63) is 34.9 Å². The van der Waals surface area contributed by atoms with Crippen molar-refractivity contribution in [2.45, 2.75) is 69.4 Å². The quantitative estimate of drug-likeness (QED) is 0.294. The summed E-state index contributed by atoms with van der Waals surface area (Å²) in [5.41, 5.74) is 2.06. The van der Waals surface area contributed by atoms with Gasteiger partial charge in [-0.1, -0.05) is 11.6 Å². The first-order valence-electron chi connectivity index (χ1n) is 16.0. The van der Waals surface area contributed by atoms with Crippen LogP contribution in [-0.2, 0) is 4.74 Å². The molecule has 6 bridgehead atoms. The first-order chi connectivity index (χ1) is 21.8. The van der Waals surface area contributed by atoms with Crippen molar-refractivity contribution in [2.75, 3.05) is 44.8 Å². The van der Waals surface area contributed by atoms with E-state index in [4.69, 9.17) is 31.0 Å². The Morgan fingerprint density at radius 2 is 2.09 bits per heavy atom. The van der Waals surface area contributed by atoms with Gasteiger partial charge in [-0.25, -0.2) is 4.39 Å². The average Bonchev–Trinajstić information content (AvgIpc) is 3.38. The van der Waals surface area contributed by atoms with E-state index in [0.717, 1.165) is 56.0 Å². The molecule has 0 radical (unpaired) electrons. The number of hydrogen-bond acceptors (Lipinski definition) is 10. The van der Waals surface area contributed by atoms with Crippen LogP contribution in [0, 0.1) is 11.7 Å². The third kappa shape index (κ3) is 5.30. The molecule has 13 heteroatoms. The van der Waals surface area contributed by atoms with E-state index in [2.05, 4.69) is 44.3 Å². The predicted molar refractivity (Wildman–Crippen MR) is 169 cm³/mol. The summed E-state index contributed by atoms with van der Waals surface area (Å²) in [4.78, 5) is 18.7. The monoisotopic (exact) mass is 636 g/mol. The lowest BCUT2D eigenvalue weighted by Crippen LogP contribution is -2.58. The highest BCUT2D eigenvalue weighted by Crippen LogP contribution is 2.55. The van der Waals surface area contributed by atoms with Crippen LogP contribution in [0.2, 0.25) is 5.02 Å². The molecule has 5 atom stereocenters. The first kappa shape index (κ1) is 29.3. The smallest absolute Gasteiger partial charge is 0.319 e. The SMILES string of the molecule is CN1CCC[C@H]1COc1nc2c3cnc(c(F)c3n1)-c1c(c(Cl)cc3[nH]ncc13)[C@H]1C[C@H]1CCOC(O)N[C@]1(C)CCCN2C1.